The summed E-state index contributed by atoms with van der Waals surface area (Å²) in [6.45, 7) is 1.75. The predicted octanol–water partition coefficient (Wildman–Crippen LogP) is 2.28. The van der Waals surface area contributed by atoms with Gasteiger partial charge in [-0.05, 0) is 31.0 Å². The summed E-state index contributed by atoms with van der Waals surface area (Å²) in [7, 11) is 0. The molecule has 3 nitrogen and oxygen atoms in total. The van der Waals surface area contributed by atoms with E-state index in [9.17, 15) is 22.4 Å². The molecule has 0 aromatic heterocycles. The smallest absolute Gasteiger partial charge is 0.419 e. The van der Waals surface area contributed by atoms with Crippen molar-refractivity contribution in [3.05, 3.63) is 35.1 Å². The highest BCUT2D eigenvalue weighted by Crippen LogP contribution is 2.31. The second-order valence-corrected chi connectivity index (χ2v) is 3.87. The third-order valence-corrected chi connectivity index (χ3v) is 2.38. The zero-order valence-electron chi connectivity index (χ0n) is 10.1. The van der Waals surface area contributed by atoms with Gasteiger partial charge in [0.25, 0.3) is 0 Å². The first-order valence-electron chi connectivity index (χ1n) is 5.53. The second kappa shape index (κ2) is 6.01. The van der Waals surface area contributed by atoms with E-state index < -0.39 is 29.6 Å². The number of carbonyl (C=O) groups excluding carboxylic acids is 1. The first-order valence-corrected chi connectivity index (χ1v) is 5.53. The molecule has 0 aliphatic carbocycles. The second-order valence-electron chi connectivity index (χ2n) is 3.87. The Balaban J connectivity index is 2.82. The number of esters is 1. The lowest BCUT2D eigenvalue weighted by Crippen LogP contribution is -2.34. The van der Waals surface area contributed by atoms with Gasteiger partial charge in [0, 0.05) is 0 Å². The Morgan fingerprint density at radius 2 is 2.05 bits per heavy atom. The van der Waals surface area contributed by atoms with Crippen molar-refractivity contribution < 1.29 is 27.1 Å². The number of halogens is 4. The quantitative estimate of drug-likeness (QED) is 0.679. The van der Waals surface area contributed by atoms with Gasteiger partial charge in [0.1, 0.15) is 11.9 Å². The van der Waals surface area contributed by atoms with Gasteiger partial charge in [0.05, 0.1) is 12.2 Å². The molecule has 2 N–H and O–H groups in total. The molecular formula is C12H13F4NO2. The fourth-order valence-corrected chi connectivity index (χ4v) is 1.50. The molecule has 1 rings (SSSR count). The molecule has 19 heavy (non-hydrogen) atoms. The van der Waals surface area contributed by atoms with Gasteiger partial charge in [-0.25, -0.2) is 4.39 Å². The van der Waals surface area contributed by atoms with Gasteiger partial charge < -0.3 is 10.5 Å². The average molecular weight is 279 g/mol. The van der Waals surface area contributed by atoms with Crippen molar-refractivity contribution >= 4 is 5.97 Å². The summed E-state index contributed by atoms with van der Waals surface area (Å²) in [6.07, 6.45) is -4.83. The van der Waals surface area contributed by atoms with Crippen LogP contribution in [0.4, 0.5) is 17.6 Å². The Hall–Kier alpha value is -1.63. The molecule has 106 valence electrons. The minimum atomic E-state index is -4.74. The van der Waals surface area contributed by atoms with Gasteiger partial charge in [0.2, 0.25) is 0 Å². The molecule has 0 radical (unpaired) electrons. The van der Waals surface area contributed by atoms with E-state index in [-0.39, 0.29) is 18.6 Å². The van der Waals surface area contributed by atoms with Gasteiger partial charge in [-0.1, -0.05) is 6.07 Å². The van der Waals surface area contributed by atoms with Crippen LogP contribution in [0, 0.1) is 5.82 Å². The van der Waals surface area contributed by atoms with E-state index in [1.165, 1.54) is 0 Å². The number of nitrogens with two attached hydrogens (primary N) is 1. The Morgan fingerprint density at radius 1 is 1.42 bits per heavy atom. The minimum Gasteiger partial charge on any atom is -0.465 e. The molecule has 0 amide bonds. The van der Waals surface area contributed by atoms with Crippen molar-refractivity contribution in [2.24, 2.45) is 5.73 Å². The van der Waals surface area contributed by atoms with Crippen molar-refractivity contribution in [2.75, 3.05) is 6.61 Å². The maximum Gasteiger partial charge on any atom is 0.419 e. The van der Waals surface area contributed by atoms with Gasteiger partial charge in [0.15, 0.2) is 0 Å². The molecule has 0 bridgehead atoms. The summed E-state index contributed by atoms with van der Waals surface area (Å²) >= 11 is 0. The predicted molar refractivity (Wildman–Crippen MR) is 59.7 cm³/mol. The van der Waals surface area contributed by atoms with Crippen LogP contribution in [0.15, 0.2) is 18.2 Å². The van der Waals surface area contributed by atoms with E-state index in [0.29, 0.717) is 6.07 Å². The maximum atomic E-state index is 13.3. The first-order chi connectivity index (χ1) is 8.75. The molecule has 0 fully saturated rings. The molecular weight excluding hydrogens is 266 g/mol. The molecule has 1 aromatic carbocycles. The number of hydrogen-bond acceptors (Lipinski definition) is 3. The molecule has 0 spiro atoms. The summed E-state index contributed by atoms with van der Waals surface area (Å²) in [6, 6.07) is 1.41. The van der Waals surface area contributed by atoms with E-state index >= 15 is 0 Å². The molecule has 0 aliphatic heterocycles. The largest absolute Gasteiger partial charge is 0.465 e. The zero-order valence-corrected chi connectivity index (χ0v) is 10.1. The Labute approximate surface area is 107 Å². The van der Waals surface area contributed by atoms with Crippen molar-refractivity contribution in [3.8, 4) is 0 Å². The van der Waals surface area contributed by atoms with Gasteiger partial charge in [-0.15, -0.1) is 0 Å². The minimum absolute atomic E-state index is 0.0894. The van der Waals surface area contributed by atoms with Gasteiger partial charge in [-0.2, -0.15) is 13.2 Å². The average Bonchev–Trinajstić information content (AvgIpc) is 2.27. The van der Waals surface area contributed by atoms with Gasteiger partial charge in [-0.3, -0.25) is 4.79 Å². The molecule has 0 saturated heterocycles. The van der Waals surface area contributed by atoms with Crippen LogP contribution in [-0.2, 0) is 22.1 Å². The monoisotopic (exact) mass is 279 g/mol. The summed E-state index contributed by atoms with van der Waals surface area (Å²) in [5.41, 5.74) is 4.34. The van der Waals surface area contributed by atoms with E-state index in [1.54, 1.807) is 6.92 Å². The van der Waals surface area contributed by atoms with E-state index in [0.717, 1.165) is 12.1 Å². The van der Waals surface area contributed by atoms with Crippen LogP contribution in [-0.4, -0.2) is 18.6 Å². The van der Waals surface area contributed by atoms with Crippen LogP contribution in [0.2, 0.25) is 0 Å². The third kappa shape index (κ3) is 4.20. The Morgan fingerprint density at radius 3 is 2.53 bits per heavy atom. The molecule has 7 heteroatoms. The molecule has 0 aliphatic rings. The van der Waals surface area contributed by atoms with Crippen LogP contribution < -0.4 is 5.73 Å². The molecule has 1 atom stereocenters. The van der Waals surface area contributed by atoms with Crippen LogP contribution in [0.5, 0.6) is 0 Å². The Bertz CT molecular complexity index is 460. The number of benzene rings is 1. The molecule has 1 unspecified atom stereocenters. The lowest BCUT2D eigenvalue weighted by molar-refractivity contribution is -0.144. The topological polar surface area (TPSA) is 52.3 Å². The van der Waals surface area contributed by atoms with Crippen LogP contribution >= 0.6 is 0 Å². The van der Waals surface area contributed by atoms with Crippen molar-refractivity contribution in [2.45, 2.75) is 25.6 Å². The van der Waals surface area contributed by atoms with Crippen molar-refractivity contribution in [1.29, 1.82) is 0 Å². The number of hydrogen-bond donors (Lipinski definition) is 1. The summed E-state index contributed by atoms with van der Waals surface area (Å²) in [5, 5.41) is 0. The maximum absolute atomic E-state index is 13.3. The lowest BCUT2D eigenvalue weighted by atomic mass is 10.0. The molecule has 0 saturated carbocycles. The van der Waals surface area contributed by atoms with Crippen molar-refractivity contribution in [3.63, 3.8) is 0 Å². The number of alkyl halides is 3. The van der Waals surface area contributed by atoms with Crippen molar-refractivity contribution in [1.82, 2.24) is 0 Å². The number of ether oxygens (including phenoxy) is 1. The van der Waals surface area contributed by atoms with Crippen LogP contribution in [0.3, 0.4) is 0 Å². The van der Waals surface area contributed by atoms with Crippen LogP contribution in [0.25, 0.3) is 0 Å². The third-order valence-electron chi connectivity index (χ3n) is 2.38. The van der Waals surface area contributed by atoms with E-state index in [1.807, 2.05) is 0 Å². The van der Waals surface area contributed by atoms with E-state index in [4.69, 9.17) is 5.73 Å². The highest BCUT2D eigenvalue weighted by Gasteiger charge is 2.34. The normalized spacial score (nSPS) is 13.2. The highest BCUT2D eigenvalue weighted by atomic mass is 19.4. The summed E-state index contributed by atoms with van der Waals surface area (Å²) in [5.74, 6) is -2.07. The number of rotatable bonds is 4. The fraction of sp³-hybridized carbons (Fsp3) is 0.417. The number of carbonyl (C=O) groups is 1. The molecule has 1 aromatic rings. The lowest BCUT2D eigenvalue weighted by Gasteiger charge is -2.12. The Kier molecular flexibility index (Phi) is 4.88. The van der Waals surface area contributed by atoms with Crippen LogP contribution in [0.1, 0.15) is 18.1 Å². The zero-order chi connectivity index (χ0) is 14.6. The van der Waals surface area contributed by atoms with Gasteiger partial charge >= 0.3 is 12.1 Å². The standard InChI is InChI=1S/C12H13F4NO2/c1-2-19-11(18)10(17)6-7-3-4-8(9(13)5-7)12(14,15)16/h3-5,10H,2,6,17H2,1H3. The van der Waals surface area contributed by atoms with E-state index in [2.05, 4.69) is 4.74 Å². The molecule has 0 heterocycles. The summed E-state index contributed by atoms with van der Waals surface area (Å²) in [4.78, 5) is 11.2. The first kappa shape index (κ1) is 15.4. The SMILES string of the molecule is CCOC(=O)C(N)Cc1ccc(C(F)(F)F)c(F)c1. The highest BCUT2D eigenvalue weighted by molar-refractivity contribution is 5.75. The fourth-order valence-electron chi connectivity index (χ4n) is 1.50. The summed E-state index contributed by atoms with van der Waals surface area (Å²) < 4.78 is 54.9.